The molecule has 0 heterocycles. The molecular weight excluding hydrogens is 479 g/mol. The van der Waals surface area contributed by atoms with Crippen molar-refractivity contribution in [3.63, 3.8) is 0 Å². The average Bonchev–Trinajstić information content (AvgIpc) is 2.97. The minimum atomic E-state index is -2.26. The van der Waals surface area contributed by atoms with Crippen LogP contribution in [-0.2, 0) is 28.6 Å². The van der Waals surface area contributed by atoms with Crippen molar-refractivity contribution in [1.29, 1.82) is 0 Å². The highest BCUT2D eigenvalue weighted by Gasteiger charge is 2.78. The molecule has 4 aliphatic carbocycles. The lowest BCUT2D eigenvalue weighted by atomic mass is 9.45. The molecule has 0 aromatic heterocycles. The second-order valence-electron chi connectivity index (χ2n) is 11.0. The van der Waals surface area contributed by atoms with E-state index in [0.29, 0.717) is 24.8 Å². The van der Waals surface area contributed by atoms with Crippen LogP contribution in [0.4, 0.5) is 9.18 Å². The smallest absolute Gasteiger partial charge is 0.446 e. The molecule has 3 saturated carbocycles. The Morgan fingerprint density at radius 2 is 1.91 bits per heavy atom. The molecule has 0 aromatic rings. The molecule has 0 amide bonds. The Labute approximate surface area is 209 Å². The fourth-order valence-corrected chi connectivity index (χ4v) is 7.56. The summed E-state index contributed by atoms with van der Waals surface area (Å²) in [5, 5.41) is 0. The number of ketones is 2. The number of fused-ring (bicyclic) bond motifs is 5. The molecule has 192 valence electrons. The van der Waals surface area contributed by atoms with Crippen LogP contribution >= 0.6 is 11.6 Å². The van der Waals surface area contributed by atoms with E-state index >= 15 is 4.39 Å². The maximum atomic E-state index is 17.2. The van der Waals surface area contributed by atoms with Gasteiger partial charge in [0.25, 0.3) is 0 Å². The number of esters is 1. The molecule has 7 atom stereocenters. The molecule has 0 N–H and O–H groups in total. The van der Waals surface area contributed by atoms with Crippen LogP contribution in [-0.4, -0.2) is 47.1 Å². The Morgan fingerprint density at radius 3 is 2.54 bits per heavy atom. The van der Waals surface area contributed by atoms with E-state index in [4.69, 9.17) is 25.8 Å². The van der Waals surface area contributed by atoms with Crippen LogP contribution in [0, 0.1) is 28.6 Å². The third-order valence-electron chi connectivity index (χ3n) is 9.01. The zero-order valence-electron chi connectivity index (χ0n) is 20.7. The van der Waals surface area contributed by atoms with Crippen molar-refractivity contribution in [2.45, 2.75) is 77.7 Å². The molecule has 9 heteroatoms. The van der Waals surface area contributed by atoms with Crippen molar-refractivity contribution in [2.75, 3.05) is 6.07 Å². The van der Waals surface area contributed by atoms with Gasteiger partial charge in [-0.25, -0.2) is 14.0 Å². The zero-order valence-corrected chi connectivity index (χ0v) is 21.4. The number of hydrogen-bond donors (Lipinski definition) is 0. The largest absolute Gasteiger partial charge is 0.509 e. The van der Waals surface area contributed by atoms with Gasteiger partial charge in [-0.05, 0) is 58.1 Å². The fraction of sp³-hybridized carbons (Fsp3) is 0.692. The molecule has 35 heavy (non-hydrogen) atoms. The second kappa shape index (κ2) is 8.43. The summed E-state index contributed by atoms with van der Waals surface area (Å²) in [6, 6.07) is -0.466. The molecule has 0 radical (unpaired) electrons. The lowest BCUT2D eigenvalue weighted by molar-refractivity contribution is -0.204. The number of carbonyl (C=O) groups is 4. The standard InChI is InChI=1S/C26H32ClFO7/c1-14(2)34-22(32)35-26(21(31)33-13-27)15(3)10-19-18-7-6-16-11-17(29)8-9-23(16,4)25(18,28)20(30)12-24(19,26)5/h8-9,11,14-15,18-19H,6-7,10,12-13H2,1-5H3/t15-,18-,19-,23-,24-,25-,26-/m0/s1. The van der Waals surface area contributed by atoms with Gasteiger partial charge in [0.2, 0.25) is 5.60 Å². The first-order valence-electron chi connectivity index (χ1n) is 12.1. The molecule has 3 fully saturated rings. The Balaban J connectivity index is 1.82. The number of allylic oxidation sites excluding steroid dienone is 4. The first-order valence-corrected chi connectivity index (χ1v) is 12.6. The first kappa shape index (κ1) is 25.9. The van der Waals surface area contributed by atoms with Gasteiger partial charge in [0.15, 0.2) is 23.3 Å². The summed E-state index contributed by atoms with van der Waals surface area (Å²) in [6.07, 6.45) is 3.49. The van der Waals surface area contributed by atoms with Gasteiger partial charge in [0, 0.05) is 29.1 Å². The molecule has 4 rings (SSSR count). The van der Waals surface area contributed by atoms with Crippen molar-refractivity contribution in [2.24, 2.45) is 28.6 Å². The van der Waals surface area contributed by atoms with Crippen LogP contribution < -0.4 is 0 Å². The predicted octanol–water partition coefficient (Wildman–Crippen LogP) is 4.85. The number of rotatable bonds is 4. The first-order chi connectivity index (χ1) is 16.3. The lowest BCUT2D eigenvalue weighted by Gasteiger charge is -2.59. The Morgan fingerprint density at radius 1 is 1.23 bits per heavy atom. The number of alkyl halides is 2. The minimum Gasteiger partial charge on any atom is -0.446 e. The Kier molecular flexibility index (Phi) is 6.23. The van der Waals surface area contributed by atoms with Crippen molar-refractivity contribution in [1.82, 2.24) is 0 Å². The molecule has 4 aliphatic rings. The van der Waals surface area contributed by atoms with E-state index in [9.17, 15) is 19.2 Å². The summed E-state index contributed by atoms with van der Waals surface area (Å²) < 4.78 is 33.3. The normalized spacial score (nSPS) is 42.1. The summed E-state index contributed by atoms with van der Waals surface area (Å²) in [5.74, 6) is -3.56. The molecule has 0 aliphatic heterocycles. The van der Waals surface area contributed by atoms with Crippen molar-refractivity contribution >= 4 is 35.3 Å². The molecule has 0 bridgehead atoms. The number of hydrogen-bond acceptors (Lipinski definition) is 7. The van der Waals surface area contributed by atoms with Gasteiger partial charge in [-0.15, -0.1) is 0 Å². The number of halogens is 2. The number of ether oxygens (including phenoxy) is 3. The van der Waals surface area contributed by atoms with Crippen molar-refractivity contribution in [3.8, 4) is 0 Å². The second-order valence-corrected chi connectivity index (χ2v) is 11.2. The molecule has 0 unspecified atom stereocenters. The summed E-state index contributed by atoms with van der Waals surface area (Å²) in [6.45, 7) is 8.39. The summed E-state index contributed by atoms with van der Waals surface area (Å²) >= 11 is 5.71. The quantitative estimate of drug-likeness (QED) is 0.394. The van der Waals surface area contributed by atoms with Crippen LogP contribution in [0.5, 0.6) is 0 Å². The number of Topliss-reactive ketones (excluding diaryl/α,β-unsaturated/α-hetero) is 1. The average molecular weight is 511 g/mol. The minimum absolute atomic E-state index is 0.220. The highest BCUT2D eigenvalue weighted by atomic mass is 35.5. The van der Waals surface area contributed by atoms with E-state index in [2.05, 4.69) is 0 Å². The van der Waals surface area contributed by atoms with Gasteiger partial charge in [0.1, 0.15) is 0 Å². The lowest BCUT2D eigenvalue weighted by Crippen LogP contribution is -2.68. The molecular formula is C26H32ClFO7. The van der Waals surface area contributed by atoms with Gasteiger partial charge in [-0.1, -0.05) is 37.1 Å². The van der Waals surface area contributed by atoms with E-state index in [0.717, 1.165) is 0 Å². The van der Waals surface area contributed by atoms with Crippen LogP contribution in [0.2, 0.25) is 0 Å². The van der Waals surface area contributed by atoms with Crippen LogP contribution in [0.15, 0.2) is 23.8 Å². The van der Waals surface area contributed by atoms with E-state index in [1.165, 1.54) is 18.2 Å². The van der Waals surface area contributed by atoms with Crippen LogP contribution in [0.3, 0.4) is 0 Å². The van der Waals surface area contributed by atoms with E-state index in [-0.39, 0.29) is 12.2 Å². The van der Waals surface area contributed by atoms with Crippen LogP contribution in [0.25, 0.3) is 0 Å². The third kappa shape index (κ3) is 3.35. The summed E-state index contributed by atoms with van der Waals surface area (Å²) in [5.41, 5.74) is -6.02. The SMILES string of the molecule is CC(C)OC(=O)O[C@]1(C(=O)OCCl)[C@@H](C)C[C@H]2[C@@H]3CCC4=CC(=O)C=C[C@]4(C)[C@@]3(F)C(=O)C[C@@]21C. The third-order valence-corrected chi connectivity index (χ3v) is 9.12. The summed E-state index contributed by atoms with van der Waals surface area (Å²) in [4.78, 5) is 51.9. The van der Waals surface area contributed by atoms with Gasteiger partial charge >= 0.3 is 12.1 Å². The maximum absolute atomic E-state index is 17.2. The summed E-state index contributed by atoms with van der Waals surface area (Å²) in [7, 11) is 0. The molecule has 7 nitrogen and oxygen atoms in total. The van der Waals surface area contributed by atoms with Gasteiger partial charge in [0.05, 0.1) is 6.10 Å². The van der Waals surface area contributed by atoms with E-state index in [1.807, 2.05) is 0 Å². The highest BCUT2D eigenvalue weighted by molar-refractivity contribution is 6.17. The van der Waals surface area contributed by atoms with Gasteiger partial charge in [-0.3, -0.25) is 9.59 Å². The van der Waals surface area contributed by atoms with E-state index < -0.39 is 69.9 Å². The highest BCUT2D eigenvalue weighted by Crippen LogP contribution is 2.70. The monoisotopic (exact) mass is 510 g/mol. The number of carbonyl (C=O) groups excluding carboxylic acids is 4. The van der Waals surface area contributed by atoms with E-state index in [1.54, 1.807) is 34.6 Å². The van der Waals surface area contributed by atoms with Gasteiger partial charge < -0.3 is 14.2 Å². The molecule has 0 aromatic carbocycles. The van der Waals surface area contributed by atoms with Crippen LogP contribution in [0.1, 0.15) is 60.3 Å². The topological polar surface area (TPSA) is 96.0 Å². The molecule has 0 saturated heterocycles. The van der Waals surface area contributed by atoms with Crippen molar-refractivity contribution in [3.05, 3.63) is 23.8 Å². The zero-order chi connectivity index (χ0) is 26.0. The predicted molar refractivity (Wildman–Crippen MR) is 124 cm³/mol. The fourth-order valence-electron chi connectivity index (χ4n) is 7.46. The maximum Gasteiger partial charge on any atom is 0.509 e. The Bertz CT molecular complexity index is 1040. The Hall–Kier alpha value is -2.22. The van der Waals surface area contributed by atoms with Gasteiger partial charge in [-0.2, -0.15) is 0 Å². The van der Waals surface area contributed by atoms with Crippen molar-refractivity contribution < 1.29 is 37.8 Å². The molecule has 0 spiro atoms.